The second-order valence-corrected chi connectivity index (χ2v) is 5.12. The summed E-state index contributed by atoms with van der Waals surface area (Å²) in [5.74, 6) is 1.24. The molecule has 1 aromatic carbocycles. The van der Waals surface area contributed by atoms with Gasteiger partial charge >= 0.3 is 0 Å². The lowest BCUT2D eigenvalue weighted by Gasteiger charge is -2.09. The average molecular weight is 272 g/mol. The van der Waals surface area contributed by atoms with Crippen molar-refractivity contribution in [3.8, 4) is 0 Å². The molecule has 1 fully saturated rings. The highest BCUT2D eigenvalue weighted by molar-refractivity contribution is 5.43. The second-order valence-electron chi connectivity index (χ2n) is 5.12. The summed E-state index contributed by atoms with van der Waals surface area (Å²) in [6, 6.07) is 8.88. The van der Waals surface area contributed by atoms with Gasteiger partial charge in [-0.3, -0.25) is 0 Å². The van der Waals surface area contributed by atoms with E-state index in [1.807, 2.05) is 13.0 Å². The van der Waals surface area contributed by atoms with Crippen LogP contribution in [0.5, 0.6) is 0 Å². The Hall–Kier alpha value is -2.17. The lowest BCUT2D eigenvalue weighted by atomic mass is 10.2. The molecule has 1 aliphatic rings. The minimum absolute atomic E-state index is 0.220. The molecular weight excluding hydrogens is 255 g/mol. The molecule has 20 heavy (non-hydrogen) atoms. The monoisotopic (exact) mass is 272 g/mol. The van der Waals surface area contributed by atoms with Crippen molar-refractivity contribution >= 4 is 11.8 Å². The van der Waals surface area contributed by atoms with Crippen LogP contribution in [0.1, 0.15) is 24.1 Å². The summed E-state index contributed by atoms with van der Waals surface area (Å²) >= 11 is 0. The van der Waals surface area contributed by atoms with E-state index in [0.717, 1.165) is 17.1 Å². The zero-order chi connectivity index (χ0) is 13.9. The van der Waals surface area contributed by atoms with Crippen molar-refractivity contribution in [3.63, 3.8) is 0 Å². The predicted molar refractivity (Wildman–Crippen MR) is 77.1 cm³/mol. The molecule has 0 amide bonds. The van der Waals surface area contributed by atoms with Gasteiger partial charge in [-0.2, -0.15) is 4.98 Å². The van der Waals surface area contributed by atoms with E-state index in [4.69, 9.17) is 0 Å². The van der Waals surface area contributed by atoms with Crippen LogP contribution < -0.4 is 10.6 Å². The van der Waals surface area contributed by atoms with Crippen molar-refractivity contribution < 1.29 is 4.39 Å². The molecule has 1 aliphatic carbocycles. The van der Waals surface area contributed by atoms with Gasteiger partial charge in [0.2, 0.25) is 5.95 Å². The van der Waals surface area contributed by atoms with E-state index in [1.165, 1.54) is 25.0 Å². The number of halogens is 1. The molecule has 0 saturated heterocycles. The molecule has 0 radical (unpaired) electrons. The number of anilines is 2. The van der Waals surface area contributed by atoms with Gasteiger partial charge < -0.3 is 10.6 Å². The fourth-order valence-corrected chi connectivity index (χ4v) is 1.93. The summed E-state index contributed by atoms with van der Waals surface area (Å²) in [5, 5.41) is 6.53. The number of benzene rings is 1. The molecule has 0 bridgehead atoms. The van der Waals surface area contributed by atoms with Crippen LogP contribution in [0.15, 0.2) is 30.3 Å². The van der Waals surface area contributed by atoms with Crippen LogP contribution in [0.2, 0.25) is 0 Å². The number of aromatic nitrogens is 2. The Morgan fingerprint density at radius 2 is 1.95 bits per heavy atom. The van der Waals surface area contributed by atoms with E-state index in [2.05, 4.69) is 20.6 Å². The molecule has 0 aliphatic heterocycles. The number of hydrogen-bond acceptors (Lipinski definition) is 4. The van der Waals surface area contributed by atoms with E-state index < -0.39 is 0 Å². The molecule has 2 N–H and O–H groups in total. The van der Waals surface area contributed by atoms with Gasteiger partial charge in [-0.15, -0.1) is 0 Å². The van der Waals surface area contributed by atoms with Gasteiger partial charge in [0, 0.05) is 24.3 Å². The normalized spacial score (nSPS) is 14.1. The first-order chi connectivity index (χ1) is 9.69. The van der Waals surface area contributed by atoms with Gasteiger partial charge in [-0.05, 0) is 37.5 Å². The van der Waals surface area contributed by atoms with Crippen molar-refractivity contribution in [2.45, 2.75) is 32.4 Å². The highest BCUT2D eigenvalue weighted by atomic mass is 19.1. The first kappa shape index (κ1) is 12.8. The van der Waals surface area contributed by atoms with Crippen LogP contribution >= 0.6 is 0 Å². The third-order valence-electron chi connectivity index (χ3n) is 3.15. The summed E-state index contributed by atoms with van der Waals surface area (Å²) in [6.45, 7) is 2.56. The molecule has 5 heteroatoms. The number of nitrogens with one attached hydrogen (secondary N) is 2. The average Bonchev–Trinajstić information content (AvgIpc) is 3.21. The minimum atomic E-state index is -0.220. The summed E-state index contributed by atoms with van der Waals surface area (Å²) < 4.78 is 12.8. The molecule has 0 atom stereocenters. The zero-order valence-corrected chi connectivity index (χ0v) is 11.4. The van der Waals surface area contributed by atoms with Crippen molar-refractivity contribution in [1.29, 1.82) is 0 Å². The third-order valence-corrected chi connectivity index (χ3v) is 3.15. The van der Waals surface area contributed by atoms with E-state index in [1.54, 1.807) is 12.1 Å². The molecule has 2 aromatic rings. The summed E-state index contributed by atoms with van der Waals surface area (Å²) in [6.07, 6.45) is 2.38. The molecule has 4 nitrogen and oxygen atoms in total. The molecule has 0 spiro atoms. The van der Waals surface area contributed by atoms with Crippen molar-refractivity contribution in [2.75, 3.05) is 10.6 Å². The SMILES string of the molecule is Cc1cc(NCc2ccc(F)cc2)nc(NC2CC2)n1. The van der Waals surface area contributed by atoms with Crippen LogP contribution in [0, 0.1) is 12.7 Å². The molecule has 1 heterocycles. The Kier molecular flexibility index (Phi) is 3.50. The van der Waals surface area contributed by atoms with Crippen molar-refractivity contribution in [2.24, 2.45) is 0 Å². The number of nitrogens with zero attached hydrogens (tertiary/aromatic N) is 2. The number of aryl methyl sites for hydroxylation is 1. The van der Waals surface area contributed by atoms with Crippen LogP contribution in [-0.4, -0.2) is 16.0 Å². The van der Waals surface area contributed by atoms with Gasteiger partial charge in [0.1, 0.15) is 11.6 Å². The van der Waals surface area contributed by atoms with Gasteiger partial charge in [0.15, 0.2) is 0 Å². The Labute approximate surface area is 117 Å². The van der Waals surface area contributed by atoms with E-state index in [9.17, 15) is 4.39 Å². The maximum Gasteiger partial charge on any atom is 0.225 e. The second kappa shape index (κ2) is 5.45. The van der Waals surface area contributed by atoms with Crippen LogP contribution in [0.4, 0.5) is 16.2 Å². The van der Waals surface area contributed by atoms with Gasteiger partial charge in [-0.1, -0.05) is 12.1 Å². The summed E-state index contributed by atoms with van der Waals surface area (Å²) in [4.78, 5) is 8.81. The van der Waals surface area contributed by atoms with Crippen LogP contribution in [-0.2, 0) is 6.54 Å². The van der Waals surface area contributed by atoms with Crippen LogP contribution in [0.3, 0.4) is 0 Å². The standard InChI is InChI=1S/C15H17FN4/c1-10-8-14(20-15(18-10)19-13-6-7-13)17-9-11-2-4-12(16)5-3-11/h2-5,8,13H,6-7,9H2,1H3,(H2,17,18,19,20). The predicted octanol–water partition coefficient (Wildman–Crippen LogP) is 3.11. The fourth-order valence-electron chi connectivity index (χ4n) is 1.93. The summed E-state index contributed by atoms with van der Waals surface area (Å²) in [5.41, 5.74) is 1.93. The van der Waals surface area contributed by atoms with E-state index in [-0.39, 0.29) is 5.82 Å². The number of rotatable bonds is 5. The highest BCUT2D eigenvalue weighted by Crippen LogP contribution is 2.23. The lowest BCUT2D eigenvalue weighted by Crippen LogP contribution is -2.09. The van der Waals surface area contributed by atoms with Crippen LogP contribution in [0.25, 0.3) is 0 Å². The van der Waals surface area contributed by atoms with Gasteiger partial charge in [0.25, 0.3) is 0 Å². The quantitative estimate of drug-likeness (QED) is 0.878. The highest BCUT2D eigenvalue weighted by Gasteiger charge is 2.22. The van der Waals surface area contributed by atoms with Crippen molar-refractivity contribution in [1.82, 2.24) is 9.97 Å². The third kappa shape index (κ3) is 3.44. The Balaban J connectivity index is 1.66. The van der Waals surface area contributed by atoms with Crippen molar-refractivity contribution in [3.05, 3.63) is 47.4 Å². The Morgan fingerprint density at radius 3 is 2.65 bits per heavy atom. The molecular formula is C15H17FN4. The Bertz CT molecular complexity index is 593. The molecule has 1 saturated carbocycles. The first-order valence-corrected chi connectivity index (χ1v) is 6.79. The smallest absolute Gasteiger partial charge is 0.225 e. The first-order valence-electron chi connectivity index (χ1n) is 6.79. The number of hydrogen-bond donors (Lipinski definition) is 2. The zero-order valence-electron chi connectivity index (χ0n) is 11.4. The largest absolute Gasteiger partial charge is 0.366 e. The molecule has 104 valence electrons. The van der Waals surface area contributed by atoms with E-state index in [0.29, 0.717) is 18.5 Å². The topological polar surface area (TPSA) is 49.8 Å². The van der Waals surface area contributed by atoms with Gasteiger partial charge in [0.05, 0.1) is 0 Å². The molecule has 0 unspecified atom stereocenters. The lowest BCUT2D eigenvalue weighted by molar-refractivity contribution is 0.627. The maximum atomic E-state index is 12.8. The molecule has 3 rings (SSSR count). The van der Waals surface area contributed by atoms with E-state index >= 15 is 0 Å². The summed E-state index contributed by atoms with van der Waals surface area (Å²) in [7, 11) is 0. The minimum Gasteiger partial charge on any atom is -0.366 e. The maximum absolute atomic E-state index is 12.8. The molecule has 1 aromatic heterocycles. The fraction of sp³-hybridized carbons (Fsp3) is 0.333. The van der Waals surface area contributed by atoms with Gasteiger partial charge in [-0.25, -0.2) is 9.37 Å². The Morgan fingerprint density at radius 1 is 1.20 bits per heavy atom.